The van der Waals surface area contributed by atoms with Gasteiger partial charge >= 0.3 is 17.9 Å². The third-order valence-corrected chi connectivity index (χ3v) is 21.5. The summed E-state index contributed by atoms with van der Waals surface area (Å²) in [5.41, 5.74) is 2.26. The van der Waals surface area contributed by atoms with E-state index >= 15 is 0 Å². The molecule has 1 aliphatic carbocycles. The quantitative estimate of drug-likeness (QED) is 0.0535. The number of amides is 3. The number of aliphatic hydroxyl groups is 2. The van der Waals surface area contributed by atoms with Crippen LogP contribution in [0.2, 0.25) is 0 Å². The number of piperidine rings is 1. The Kier molecular flexibility index (Phi) is 28.8. The van der Waals surface area contributed by atoms with Gasteiger partial charge in [-0.25, -0.2) is 14.4 Å². The van der Waals surface area contributed by atoms with Crippen molar-refractivity contribution >= 4 is 132 Å². The number of hydrogen-bond donors (Lipinski definition) is 4. The molecule has 4 aliphatic rings. The van der Waals surface area contributed by atoms with Gasteiger partial charge in [0.15, 0.2) is 0 Å². The highest BCUT2D eigenvalue weighted by Gasteiger charge is 2.53. The van der Waals surface area contributed by atoms with Crippen LogP contribution in [0.4, 0.5) is 11.4 Å². The van der Waals surface area contributed by atoms with Crippen LogP contribution in [-0.2, 0) is 57.2 Å². The van der Waals surface area contributed by atoms with Crippen LogP contribution in [0.15, 0.2) is 71.9 Å². The largest absolute Gasteiger partial charge is 0.460 e. The van der Waals surface area contributed by atoms with Crippen LogP contribution < -0.4 is 15.4 Å². The molecule has 23 heteroatoms. The SMILES string of the molecule is CO[C@H]1C[C@@H]2CC[C@@H](C)[C@@](O)(O2)C(=O)C(=O)N2CCCC[C@H]2C(=O)O[C@H]([C@H](C)C[C@@H]2CC[C@@H](OC(=O)c3ccc(OC(=O)c4c(I)c(NC(C)=O)c(I)c(NC(C)=O)c4I)cc3)[C@H](OC)C2)CC(=O)[C@H](C)/C=C(\C)[C@@H](O)[C@@H](C)C(=O)[C@H](C)C[C@H](C)/C=C/C=CC=C1C. The molecule has 0 aromatic heterocycles. The average Bonchev–Trinajstić information content (AvgIpc) is 0.811. The van der Waals surface area contributed by atoms with Gasteiger partial charge < -0.3 is 54.2 Å². The fourth-order valence-corrected chi connectivity index (χ4v) is 16.9. The lowest BCUT2D eigenvalue weighted by Crippen LogP contribution is -2.61. The van der Waals surface area contributed by atoms with Crippen LogP contribution in [0.5, 0.6) is 5.75 Å². The van der Waals surface area contributed by atoms with Gasteiger partial charge in [0.1, 0.15) is 35.6 Å². The van der Waals surface area contributed by atoms with E-state index < -0.39 is 102 Å². The van der Waals surface area contributed by atoms with Gasteiger partial charge in [-0.3, -0.25) is 28.8 Å². The monoisotopic (exact) mass is 1610 g/mol. The van der Waals surface area contributed by atoms with E-state index in [-0.39, 0.29) is 83.8 Å². The van der Waals surface area contributed by atoms with Crippen molar-refractivity contribution in [1.82, 2.24) is 4.90 Å². The Hall–Kier alpha value is -4.78. The second-order valence-corrected chi connectivity index (χ2v) is 28.7. The molecule has 0 spiro atoms. The summed E-state index contributed by atoms with van der Waals surface area (Å²) in [4.78, 5) is 125. The Bertz CT molecular complexity index is 3140. The van der Waals surface area contributed by atoms with E-state index in [4.69, 9.17) is 28.4 Å². The van der Waals surface area contributed by atoms with Crippen molar-refractivity contribution < 1.29 is 81.8 Å². The van der Waals surface area contributed by atoms with Crippen LogP contribution in [0.1, 0.15) is 167 Å². The van der Waals surface area contributed by atoms with Crippen molar-refractivity contribution in [2.45, 2.75) is 195 Å². The molecule has 2 aromatic rings. The number of fused-ring (bicyclic) bond motifs is 3. The number of hydrogen-bond acceptors (Lipinski definition) is 17. The highest BCUT2D eigenvalue weighted by molar-refractivity contribution is 14.1. The smallest absolute Gasteiger partial charge is 0.345 e. The minimum Gasteiger partial charge on any atom is -0.460 e. The third-order valence-electron chi connectivity index (χ3n) is 18.2. The molecule has 3 aliphatic heterocycles. The zero-order valence-corrected chi connectivity index (χ0v) is 61.1. The molecule has 2 aromatic carbocycles. The molecule has 2 bridgehead atoms. The molecule has 1 saturated carbocycles. The van der Waals surface area contributed by atoms with Crippen LogP contribution in [0.3, 0.4) is 0 Å². The van der Waals surface area contributed by atoms with Gasteiger partial charge in [0, 0.05) is 71.1 Å². The number of methoxy groups -OCH3 is 2. The molecule has 3 amide bonds. The summed E-state index contributed by atoms with van der Waals surface area (Å²) in [7, 11) is 3.09. The molecule has 2 saturated heterocycles. The van der Waals surface area contributed by atoms with Crippen LogP contribution in [0.25, 0.3) is 0 Å². The summed E-state index contributed by atoms with van der Waals surface area (Å²) in [6, 6.07) is 4.61. The molecular formula is C69H90I3N3O17. The number of cyclic esters (lactones) is 1. The van der Waals surface area contributed by atoms with E-state index in [2.05, 4.69) is 10.6 Å². The molecule has 3 fully saturated rings. The Morgan fingerprint density at radius 2 is 1.42 bits per heavy atom. The second kappa shape index (κ2) is 34.8. The van der Waals surface area contributed by atoms with E-state index in [1.165, 1.54) is 50.1 Å². The molecule has 20 nitrogen and oxygen atoms in total. The number of aliphatic hydroxyl groups excluding tert-OH is 1. The molecule has 6 rings (SSSR count). The number of rotatable bonds is 11. The average molecular weight is 1610 g/mol. The molecule has 0 radical (unpaired) electrons. The highest BCUT2D eigenvalue weighted by Crippen LogP contribution is 2.41. The fraction of sp³-hybridized carbons (Fsp3) is 0.580. The lowest BCUT2D eigenvalue weighted by molar-refractivity contribution is -0.265. The predicted octanol–water partition coefficient (Wildman–Crippen LogP) is 11.6. The Labute approximate surface area is 581 Å². The summed E-state index contributed by atoms with van der Waals surface area (Å²) >= 11 is 5.88. The zero-order valence-electron chi connectivity index (χ0n) is 54.6. The number of benzene rings is 2. The lowest BCUT2D eigenvalue weighted by atomic mass is 9.78. The normalized spacial score (nSPS) is 30.8. The summed E-state index contributed by atoms with van der Waals surface area (Å²) in [6.07, 6.45) is 11.2. The van der Waals surface area contributed by atoms with E-state index in [1.54, 1.807) is 40.9 Å². The van der Waals surface area contributed by atoms with Crippen molar-refractivity contribution in [1.29, 1.82) is 0 Å². The van der Waals surface area contributed by atoms with Gasteiger partial charge in [0.2, 0.25) is 17.6 Å². The van der Waals surface area contributed by atoms with E-state index in [1.807, 2.05) is 126 Å². The first-order valence-electron chi connectivity index (χ1n) is 31.7. The number of carbonyl (C=O) groups excluding carboxylic acids is 9. The Morgan fingerprint density at radius 3 is 2.04 bits per heavy atom. The first kappa shape index (κ1) is 76.2. The number of allylic oxidation sites excluding steroid dienone is 6. The highest BCUT2D eigenvalue weighted by atomic mass is 127. The van der Waals surface area contributed by atoms with Gasteiger partial charge in [-0.15, -0.1) is 0 Å². The molecule has 4 N–H and O–H groups in total. The maximum Gasteiger partial charge on any atom is 0.345 e. The van der Waals surface area contributed by atoms with Crippen molar-refractivity contribution in [3.63, 3.8) is 0 Å². The first-order valence-corrected chi connectivity index (χ1v) is 34.9. The minimum absolute atomic E-state index is 0.0287. The van der Waals surface area contributed by atoms with Crippen molar-refractivity contribution in [3.05, 3.63) is 93.7 Å². The zero-order chi connectivity index (χ0) is 68.1. The molecule has 3 heterocycles. The number of anilines is 2. The summed E-state index contributed by atoms with van der Waals surface area (Å²) < 4.78 is 37.6. The minimum atomic E-state index is -2.49. The van der Waals surface area contributed by atoms with Gasteiger partial charge in [-0.1, -0.05) is 78.0 Å². The Balaban J connectivity index is 1.21. The number of esters is 3. The van der Waals surface area contributed by atoms with E-state index in [0.29, 0.717) is 85.4 Å². The number of nitrogens with one attached hydrogen (secondary N) is 2. The standard InChI is InChI=1S/C69H90I3N3O17/c1-36-18-14-13-15-19-37(2)53(87-11)34-49-25-21-42(7)69(86,92-49)64(81)65(82)75-29-17-16-20-50(75)67(84)91-54(35-51(78)38(3)31-41(6)63(80)43(8)62(79)40(5)30-36)39(4)32-46-22-28-52(55(33-46)88-12)90-66(83)47-23-26-48(27-24-47)89-68(85)56-57(70)60(73-44(9)76)59(72)61(58(56)71)74-45(10)77/h13-15,18-19,23-24,26-27,31,36,38-40,42-43,46,49-50,52-55,63,80,86H,16-17,20-22,25,28-30,32-35H2,1-12H3,(H,73,76)(H,74,77)/b15-13?,18-14+,37-19?,41-31+/t36-,38-,39-,40-,42-,43+,46+,49+,50+,52-,53+,54+,55-,63-,69-/m1/s1. The topological polar surface area (TPSA) is 277 Å². The number of Topliss-reactive ketones (excluding diaryl/α,β-unsaturated/α-hetero) is 3. The van der Waals surface area contributed by atoms with Crippen LogP contribution >= 0.6 is 67.8 Å². The maximum atomic E-state index is 14.7. The molecule has 504 valence electrons. The van der Waals surface area contributed by atoms with Crippen LogP contribution in [-0.4, -0.2) is 137 Å². The van der Waals surface area contributed by atoms with E-state index in [0.717, 1.165) is 5.57 Å². The van der Waals surface area contributed by atoms with Crippen molar-refractivity contribution in [2.75, 3.05) is 31.4 Å². The molecule has 92 heavy (non-hydrogen) atoms. The molecule has 15 atom stereocenters. The van der Waals surface area contributed by atoms with Gasteiger partial charge in [-0.05, 0) is 199 Å². The Morgan fingerprint density at radius 1 is 0.772 bits per heavy atom. The van der Waals surface area contributed by atoms with Gasteiger partial charge in [0.25, 0.3) is 11.7 Å². The molecular weight excluding hydrogens is 1520 g/mol. The number of ether oxygens (including phenoxy) is 6. The van der Waals surface area contributed by atoms with Crippen molar-refractivity contribution in [3.8, 4) is 5.75 Å². The lowest BCUT2D eigenvalue weighted by Gasteiger charge is -2.42. The summed E-state index contributed by atoms with van der Waals surface area (Å²) in [5, 5.41) is 29.1. The van der Waals surface area contributed by atoms with E-state index in [9.17, 15) is 53.4 Å². The first-order chi connectivity index (χ1) is 43.4. The summed E-state index contributed by atoms with van der Waals surface area (Å²) in [6.45, 7) is 17.1. The van der Waals surface area contributed by atoms with Crippen LogP contribution in [0, 0.1) is 52.1 Å². The molecule has 0 unspecified atom stereocenters. The summed E-state index contributed by atoms with van der Waals surface area (Å²) in [5.74, 6) is -11.2. The van der Waals surface area contributed by atoms with Crippen molar-refractivity contribution in [2.24, 2.45) is 41.4 Å². The maximum absolute atomic E-state index is 14.7. The van der Waals surface area contributed by atoms with Gasteiger partial charge in [-0.2, -0.15) is 0 Å². The number of carbonyl (C=O) groups is 9. The fourth-order valence-electron chi connectivity index (χ4n) is 12.8. The third kappa shape index (κ3) is 19.7. The second-order valence-electron chi connectivity index (χ2n) is 25.4. The number of halogens is 3. The number of ketones is 3. The predicted molar refractivity (Wildman–Crippen MR) is 371 cm³/mol. The van der Waals surface area contributed by atoms with Gasteiger partial charge in [0.05, 0.1) is 57.6 Å². The number of nitrogens with zero attached hydrogens (tertiary/aromatic N) is 1.